The predicted molar refractivity (Wildman–Crippen MR) is 135 cm³/mol. The van der Waals surface area contributed by atoms with Gasteiger partial charge in [-0.15, -0.1) is 0 Å². The molecule has 0 radical (unpaired) electrons. The van der Waals surface area contributed by atoms with Gasteiger partial charge in [0, 0.05) is 15.1 Å². The molecule has 3 rings (SSSR count). The Morgan fingerprint density at radius 2 is 1.74 bits per heavy atom. The van der Waals surface area contributed by atoms with Crippen molar-refractivity contribution >= 4 is 55.4 Å². The first-order valence-electron chi connectivity index (χ1n) is 9.83. The number of amides is 1. The first-order valence-corrected chi connectivity index (χ1v) is 12.4. The quantitative estimate of drug-likeness (QED) is 0.305. The lowest BCUT2D eigenvalue weighted by Gasteiger charge is -2.25. The number of hydrogen-bond donors (Lipinski definition) is 1. The number of hydrazone groups is 1. The van der Waals surface area contributed by atoms with Crippen LogP contribution in [0.3, 0.4) is 0 Å². The summed E-state index contributed by atoms with van der Waals surface area (Å²) in [5.74, 6) is 0.115. The Kier molecular flexibility index (Phi) is 8.54. The first kappa shape index (κ1) is 25.5. The number of nitrogens with zero attached hydrogens (tertiary/aromatic N) is 2. The van der Waals surface area contributed by atoms with E-state index in [1.165, 1.54) is 44.7 Å². The summed E-state index contributed by atoms with van der Waals surface area (Å²) in [6, 6.07) is 17.6. The highest BCUT2D eigenvalue weighted by atomic mass is 79.9. The molecule has 0 heterocycles. The number of rotatable bonds is 9. The Morgan fingerprint density at radius 3 is 2.41 bits per heavy atom. The molecule has 178 valence electrons. The van der Waals surface area contributed by atoms with E-state index >= 15 is 0 Å². The minimum absolute atomic E-state index is 0.00667. The molecule has 0 aliphatic heterocycles. The van der Waals surface area contributed by atoms with Crippen LogP contribution in [-0.2, 0) is 14.8 Å². The Hall–Kier alpha value is -3.08. The number of sulfonamides is 1. The summed E-state index contributed by atoms with van der Waals surface area (Å²) in [5.41, 5.74) is 3.09. The average Bonchev–Trinajstić information content (AvgIpc) is 2.83. The van der Waals surface area contributed by atoms with E-state index in [1.54, 1.807) is 42.5 Å². The average molecular weight is 567 g/mol. The molecule has 0 atom stereocenters. The molecule has 0 aliphatic rings. The van der Waals surface area contributed by atoms with Gasteiger partial charge in [-0.2, -0.15) is 5.10 Å². The smallest absolute Gasteiger partial charge is 0.264 e. The van der Waals surface area contributed by atoms with Gasteiger partial charge in [-0.1, -0.05) is 45.7 Å². The van der Waals surface area contributed by atoms with Gasteiger partial charge in [0.1, 0.15) is 18.0 Å². The topological polar surface area (TPSA) is 97.3 Å². The van der Waals surface area contributed by atoms with Crippen molar-refractivity contribution in [1.29, 1.82) is 0 Å². The van der Waals surface area contributed by atoms with E-state index in [-0.39, 0.29) is 21.4 Å². The van der Waals surface area contributed by atoms with Gasteiger partial charge in [0.05, 0.1) is 31.0 Å². The maximum atomic E-state index is 13.5. The van der Waals surface area contributed by atoms with Gasteiger partial charge < -0.3 is 9.47 Å². The van der Waals surface area contributed by atoms with E-state index in [0.29, 0.717) is 11.3 Å². The molecule has 1 N–H and O–H groups in total. The fourth-order valence-corrected chi connectivity index (χ4v) is 5.01. The third-order valence-electron chi connectivity index (χ3n) is 4.61. The monoisotopic (exact) mass is 565 g/mol. The van der Waals surface area contributed by atoms with Crippen LogP contribution in [0.25, 0.3) is 0 Å². The van der Waals surface area contributed by atoms with E-state index in [4.69, 9.17) is 21.1 Å². The van der Waals surface area contributed by atoms with Crippen molar-refractivity contribution in [3.63, 3.8) is 0 Å². The molecule has 0 unspecified atom stereocenters. The van der Waals surface area contributed by atoms with E-state index < -0.39 is 22.5 Å². The van der Waals surface area contributed by atoms with Gasteiger partial charge in [-0.3, -0.25) is 9.10 Å². The molecule has 3 aromatic carbocycles. The van der Waals surface area contributed by atoms with Crippen molar-refractivity contribution in [1.82, 2.24) is 5.43 Å². The van der Waals surface area contributed by atoms with E-state index in [1.807, 2.05) is 0 Å². The molecule has 34 heavy (non-hydrogen) atoms. The highest BCUT2D eigenvalue weighted by Gasteiger charge is 2.29. The lowest BCUT2D eigenvalue weighted by Crippen LogP contribution is -2.39. The van der Waals surface area contributed by atoms with E-state index in [0.717, 1.165) is 8.78 Å². The molecule has 0 aliphatic carbocycles. The molecule has 0 aromatic heterocycles. The zero-order valence-electron chi connectivity index (χ0n) is 18.2. The summed E-state index contributed by atoms with van der Waals surface area (Å²) in [6.45, 7) is -0.569. The van der Waals surface area contributed by atoms with Crippen LogP contribution in [0.15, 0.2) is 81.2 Å². The molecule has 0 saturated carbocycles. The molecule has 1 amide bonds. The fraction of sp³-hybridized carbons (Fsp3) is 0.130. The van der Waals surface area contributed by atoms with Crippen molar-refractivity contribution in [3.05, 3.63) is 81.8 Å². The number of hydrogen-bond acceptors (Lipinski definition) is 6. The van der Waals surface area contributed by atoms with Crippen LogP contribution in [0, 0.1) is 0 Å². The Balaban J connectivity index is 1.92. The molecule has 0 saturated heterocycles. The first-order chi connectivity index (χ1) is 16.3. The fourth-order valence-electron chi connectivity index (χ4n) is 3.02. The molecule has 8 nitrogen and oxygen atoms in total. The Bertz CT molecular complexity index is 1300. The maximum Gasteiger partial charge on any atom is 0.264 e. The Labute approximate surface area is 211 Å². The summed E-state index contributed by atoms with van der Waals surface area (Å²) >= 11 is 9.49. The van der Waals surface area contributed by atoms with Gasteiger partial charge in [-0.25, -0.2) is 13.8 Å². The highest BCUT2D eigenvalue weighted by molar-refractivity contribution is 9.10. The normalized spacial score (nSPS) is 11.3. The van der Waals surface area contributed by atoms with Crippen LogP contribution in [-0.4, -0.2) is 41.3 Å². The lowest BCUT2D eigenvalue weighted by molar-refractivity contribution is -0.119. The number of halogens is 2. The summed E-state index contributed by atoms with van der Waals surface area (Å²) in [6.07, 6.45) is 1.40. The van der Waals surface area contributed by atoms with Gasteiger partial charge in [-0.05, 0) is 48.5 Å². The molecule has 0 spiro atoms. The minimum Gasteiger partial charge on any atom is -0.496 e. The van der Waals surface area contributed by atoms with Crippen molar-refractivity contribution < 1.29 is 22.7 Å². The molecule has 0 fully saturated rings. The van der Waals surface area contributed by atoms with Gasteiger partial charge in [0.25, 0.3) is 15.9 Å². The summed E-state index contributed by atoms with van der Waals surface area (Å²) < 4.78 is 39.2. The van der Waals surface area contributed by atoms with Crippen molar-refractivity contribution in [2.75, 3.05) is 25.1 Å². The number of nitrogens with one attached hydrogen (secondary N) is 1. The molecular formula is C23H21BrClN3O5S. The minimum atomic E-state index is -4.14. The Morgan fingerprint density at radius 1 is 1.06 bits per heavy atom. The van der Waals surface area contributed by atoms with Crippen LogP contribution in [0.1, 0.15) is 5.56 Å². The zero-order chi connectivity index (χ0) is 24.7. The second kappa shape index (κ2) is 11.4. The predicted octanol–water partition coefficient (Wildman–Crippen LogP) is 4.47. The maximum absolute atomic E-state index is 13.5. The number of carbonyl (C=O) groups excluding carboxylic acids is 1. The molecule has 11 heteroatoms. The number of benzene rings is 3. The lowest BCUT2D eigenvalue weighted by atomic mass is 10.2. The third kappa shape index (κ3) is 6.07. The molecule has 3 aromatic rings. The van der Waals surface area contributed by atoms with E-state index in [2.05, 4.69) is 26.5 Å². The SMILES string of the molecule is COc1ccc(Br)cc1/C=N\NC(=O)CN(c1cc(Cl)ccc1OC)S(=O)(=O)c1ccccc1. The van der Waals surface area contributed by atoms with Crippen molar-refractivity contribution in [2.24, 2.45) is 5.10 Å². The van der Waals surface area contributed by atoms with Gasteiger partial charge in [0.15, 0.2) is 0 Å². The number of ether oxygens (including phenoxy) is 2. The highest BCUT2D eigenvalue weighted by Crippen LogP contribution is 2.34. The van der Waals surface area contributed by atoms with Crippen molar-refractivity contribution in [3.8, 4) is 11.5 Å². The third-order valence-corrected chi connectivity index (χ3v) is 7.11. The van der Waals surface area contributed by atoms with Crippen LogP contribution in [0.2, 0.25) is 5.02 Å². The number of methoxy groups -OCH3 is 2. The second-order valence-electron chi connectivity index (χ2n) is 6.82. The zero-order valence-corrected chi connectivity index (χ0v) is 21.4. The van der Waals surface area contributed by atoms with Crippen LogP contribution in [0.4, 0.5) is 5.69 Å². The van der Waals surface area contributed by atoms with Crippen LogP contribution >= 0.6 is 27.5 Å². The van der Waals surface area contributed by atoms with E-state index in [9.17, 15) is 13.2 Å². The number of carbonyl (C=O) groups is 1. The van der Waals surface area contributed by atoms with Crippen LogP contribution < -0.4 is 19.2 Å². The largest absolute Gasteiger partial charge is 0.496 e. The summed E-state index contributed by atoms with van der Waals surface area (Å²) in [7, 11) is -1.22. The van der Waals surface area contributed by atoms with Gasteiger partial charge in [0.2, 0.25) is 0 Å². The summed E-state index contributed by atoms with van der Waals surface area (Å²) in [5, 5.41) is 4.23. The number of anilines is 1. The van der Waals surface area contributed by atoms with Gasteiger partial charge >= 0.3 is 0 Å². The second-order valence-corrected chi connectivity index (χ2v) is 10.0. The van der Waals surface area contributed by atoms with Crippen molar-refractivity contribution in [2.45, 2.75) is 4.90 Å². The van der Waals surface area contributed by atoms with Crippen LogP contribution in [0.5, 0.6) is 11.5 Å². The standard InChI is InChI=1S/C23H21BrClN3O5S/c1-32-21-10-8-17(24)12-16(21)14-26-27-23(29)15-28(20-13-18(25)9-11-22(20)33-2)34(30,31)19-6-4-3-5-7-19/h3-14H,15H2,1-2H3,(H,27,29)/b26-14-. The molecule has 0 bridgehead atoms. The summed E-state index contributed by atoms with van der Waals surface area (Å²) in [4.78, 5) is 12.8. The molecular weight excluding hydrogens is 546 g/mol.